The Kier molecular flexibility index (Phi) is 9.92. The van der Waals surface area contributed by atoms with Crippen molar-refractivity contribution >= 4 is 27.5 Å². The normalized spacial score (nSPS) is 12.2. The number of hydrogen-bond acceptors (Lipinski definition) is 4. The molecule has 1 N–H and O–H groups in total. The van der Waals surface area contributed by atoms with Gasteiger partial charge in [0.15, 0.2) is 0 Å². The van der Waals surface area contributed by atoms with E-state index < -0.39 is 28.5 Å². The number of aryl methyl sites for hydroxylation is 3. The van der Waals surface area contributed by atoms with Gasteiger partial charge in [-0.15, -0.1) is 0 Å². The number of rotatable bonds is 11. The molecule has 0 aliphatic rings. The van der Waals surface area contributed by atoms with Crippen molar-refractivity contribution in [1.82, 2.24) is 10.2 Å². The van der Waals surface area contributed by atoms with Crippen molar-refractivity contribution in [2.75, 3.05) is 17.4 Å². The zero-order chi connectivity index (χ0) is 28.7. The van der Waals surface area contributed by atoms with Gasteiger partial charge in [0.05, 0.1) is 10.6 Å². The Balaban J connectivity index is 2.03. The van der Waals surface area contributed by atoms with Crippen LogP contribution in [-0.2, 0) is 26.2 Å². The van der Waals surface area contributed by atoms with E-state index in [1.165, 1.54) is 17.0 Å². The van der Waals surface area contributed by atoms with E-state index >= 15 is 0 Å². The van der Waals surface area contributed by atoms with Crippen molar-refractivity contribution in [3.8, 4) is 0 Å². The van der Waals surface area contributed by atoms with Crippen LogP contribution in [-0.4, -0.2) is 44.3 Å². The zero-order valence-electron chi connectivity index (χ0n) is 23.6. The molecule has 0 fully saturated rings. The average molecular weight is 550 g/mol. The van der Waals surface area contributed by atoms with Gasteiger partial charge in [0.2, 0.25) is 11.8 Å². The second-order valence-electron chi connectivity index (χ2n) is 10.4. The summed E-state index contributed by atoms with van der Waals surface area (Å²) in [6.07, 6.45) is 0. The molecule has 0 aliphatic carbocycles. The van der Waals surface area contributed by atoms with E-state index in [2.05, 4.69) is 5.32 Å². The topological polar surface area (TPSA) is 86.8 Å². The summed E-state index contributed by atoms with van der Waals surface area (Å²) in [5, 5.41) is 2.91. The second-order valence-corrected chi connectivity index (χ2v) is 12.3. The van der Waals surface area contributed by atoms with Crippen LogP contribution >= 0.6 is 0 Å². The minimum absolute atomic E-state index is 0.0886. The number of anilines is 1. The molecule has 0 heterocycles. The van der Waals surface area contributed by atoms with Crippen molar-refractivity contribution in [3.05, 3.63) is 95.1 Å². The maximum Gasteiger partial charge on any atom is 0.264 e. The van der Waals surface area contributed by atoms with Crippen LogP contribution in [0.1, 0.15) is 43.0 Å². The molecular weight excluding hydrogens is 510 g/mol. The van der Waals surface area contributed by atoms with Crippen molar-refractivity contribution in [3.63, 3.8) is 0 Å². The second kappa shape index (κ2) is 12.9. The van der Waals surface area contributed by atoms with Crippen LogP contribution < -0.4 is 9.62 Å². The molecule has 0 saturated carbocycles. The molecule has 3 rings (SSSR count). The highest BCUT2D eigenvalue weighted by Gasteiger charge is 2.33. The van der Waals surface area contributed by atoms with Gasteiger partial charge in [0, 0.05) is 13.1 Å². The maximum atomic E-state index is 14.0. The summed E-state index contributed by atoms with van der Waals surface area (Å²) in [6, 6.07) is 20.4. The third kappa shape index (κ3) is 7.69. The molecule has 0 saturated heterocycles. The van der Waals surface area contributed by atoms with E-state index in [-0.39, 0.29) is 23.3 Å². The monoisotopic (exact) mass is 549 g/mol. The van der Waals surface area contributed by atoms with E-state index in [9.17, 15) is 18.0 Å². The van der Waals surface area contributed by atoms with Crippen molar-refractivity contribution in [2.45, 2.75) is 59.0 Å². The number of nitrogens with one attached hydrogen (secondary N) is 1. The van der Waals surface area contributed by atoms with Crippen LogP contribution in [0.4, 0.5) is 5.69 Å². The van der Waals surface area contributed by atoms with Gasteiger partial charge in [0.25, 0.3) is 10.0 Å². The smallest absolute Gasteiger partial charge is 0.264 e. The minimum Gasteiger partial charge on any atom is -0.354 e. The highest BCUT2D eigenvalue weighted by atomic mass is 32.2. The molecule has 0 aliphatic heterocycles. The number of carbonyl (C=O) groups excluding carboxylic acids is 2. The highest BCUT2D eigenvalue weighted by molar-refractivity contribution is 7.92. The fourth-order valence-electron chi connectivity index (χ4n) is 4.36. The first-order valence-corrected chi connectivity index (χ1v) is 14.6. The lowest BCUT2D eigenvalue weighted by Gasteiger charge is -2.32. The standard InChI is InChI=1S/C31H39N3O4S/c1-22(2)19-32-31(36)26(6)33(20-27-12-10-11-23(3)18-27)30(35)21-34(29-16-15-24(4)17-25(29)5)39(37,38)28-13-8-7-9-14-28/h7-18,22,26H,19-21H2,1-6H3,(H,32,36)/t26-/m0/s1. The molecular formula is C31H39N3O4S. The maximum absolute atomic E-state index is 14.0. The van der Waals surface area contributed by atoms with Crippen LogP contribution in [0.25, 0.3) is 0 Å². The molecule has 0 bridgehead atoms. The summed E-state index contributed by atoms with van der Waals surface area (Å²) in [7, 11) is -4.08. The Bertz CT molecular complexity index is 1400. The van der Waals surface area contributed by atoms with Gasteiger partial charge >= 0.3 is 0 Å². The van der Waals surface area contributed by atoms with E-state index in [4.69, 9.17) is 0 Å². The Morgan fingerprint density at radius 3 is 2.13 bits per heavy atom. The van der Waals surface area contributed by atoms with Crippen LogP contribution in [0.15, 0.2) is 77.7 Å². The summed E-state index contributed by atoms with van der Waals surface area (Å²) in [5.74, 6) is -0.505. The molecule has 0 unspecified atom stereocenters. The summed E-state index contributed by atoms with van der Waals surface area (Å²) in [4.78, 5) is 28.6. The molecule has 0 spiro atoms. The lowest BCUT2D eigenvalue weighted by molar-refractivity contribution is -0.139. The molecule has 8 heteroatoms. The van der Waals surface area contributed by atoms with Gasteiger partial charge in [-0.05, 0) is 62.9 Å². The first-order valence-electron chi connectivity index (χ1n) is 13.2. The molecule has 208 valence electrons. The molecule has 0 aromatic heterocycles. The Morgan fingerprint density at radius 1 is 0.846 bits per heavy atom. The van der Waals surface area contributed by atoms with Gasteiger partial charge in [-0.25, -0.2) is 8.42 Å². The summed E-state index contributed by atoms with van der Waals surface area (Å²) < 4.78 is 28.9. The largest absolute Gasteiger partial charge is 0.354 e. The van der Waals surface area contributed by atoms with Gasteiger partial charge in [-0.3, -0.25) is 13.9 Å². The summed E-state index contributed by atoms with van der Waals surface area (Å²) >= 11 is 0. The molecule has 0 radical (unpaired) electrons. The van der Waals surface area contributed by atoms with Crippen LogP contribution in [0.5, 0.6) is 0 Å². The van der Waals surface area contributed by atoms with E-state index in [1.807, 2.05) is 71.0 Å². The van der Waals surface area contributed by atoms with Crippen LogP contribution in [0.2, 0.25) is 0 Å². The highest BCUT2D eigenvalue weighted by Crippen LogP contribution is 2.28. The fourth-order valence-corrected chi connectivity index (χ4v) is 5.86. The predicted octanol–water partition coefficient (Wildman–Crippen LogP) is 5.00. The quantitative estimate of drug-likeness (QED) is 0.365. The number of sulfonamides is 1. The molecule has 7 nitrogen and oxygen atoms in total. The number of amides is 2. The van der Waals surface area contributed by atoms with Crippen molar-refractivity contribution < 1.29 is 18.0 Å². The molecule has 39 heavy (non-hydrogen) atoms. The SMILES string of the molecule is Cc1cccc(CN(C(=O)CN(c2ccc(C)cc2C)S(=O)(=O)c2ccccc2)[C@@H](C)C(=O)NCC(C)C)c1. The first-order chi connectivity index (χ1) is 18.4. The van der Waals surface area contributed by atoms with Gasteiger partial charge in [0.1, 0.15) is 12.6 Å². The third-order valence-corrected chi connectivity index (χ3v) is 8.29. The third-order valence-electron chi connectivity index (χ3n) is 6.52. The van der Waals surface area contributed by atoms with E-state index in [0.717, 1.165) is 26.6 Å². The lowest BCUT2D eigenvalue weighted by atomic mass is 10.1. The zero-order valence-corrected chi connectivity index (χ0v) is 24.5. The first kappa shape index (κ1) is 29.9. The minimum atomic E-state index is -4.08. The lowest BCUT2D eigenvalue weighted by Crippen LogP contribution is -2.51. The Labute approximate surface area is 232 Å². The van der Waals surface area contributed by atoms with E-state index in [1.54, 1.807) is 31.2 Å². The van der Waals surface area contributed by atoms with E-state index in [0.29, 0.717) is 12.2 Å². The van der Waals surface area contributed by atoms with Gasteiger partial charge in [-0.2, -0.15) is 0 Å². The number of nitrogens with zero attached hydrogens (tertiary/aromatic N) is 2. The molecule has 1 atom stereocenters. The Morgan fingerprint density at radius 2 is 1.51 bits per heavy atom. The predicted molar refractivity (Wildman–Crippen MR) is 156 cm³/mol. The van der Waals surface area contributed by atoms with Gasteiger partial charge < -0.3 is 10.2 Å². The number of carbonyl (C=O) groups is 2. The molecule has 3 aromatic carbocycles. The van der Waals surface area contributed by atoms with Crippen molar-refractivity contribution in [1.29, 1.82) is 0 Å². The summed E-state index contributed by atoms with van der Waals surface area (Å²) in [5.41, 5.74) is 4.02. The Hall–Kier alpha value is -3.65. The number of hydrogen-bond donors (Lipinski definition) is 1. The van der Waals surface area contributed by atoms with Gasteiger partial charge in [-0.1, -0.05) is 79.6 Å². The van der Waals surface area contributed by atoms with Crippen LogP contribution in [0.3, 0.4) is 0 Å². The molecule has 2 amide bonds. The van der Waals surface area contributed by atoms with Crippen LogP contribution in [0, 0.1) is 26.7 Å². The number of benzene rings is 3. The fraction of sp³-hybridized carbons (Fsp3) is 0.355. The van der Waals surface area contributed by atoms with Crippen molar-refractivity contribution in [2.24, 2.45) is 5.92 Å². The average Bonchev–Trinajstić information content (AvgIpc) is 2.89. The molecule has 3 aromatic rings. The summed E-state index contributed by atoms with van der Waals surface area (Å²) in [6.45, 7) is 11.6.